The summed E-state index contributed by atoms with van der Waals surface area (Å²) in [6.07, 6.45) is 2.14. The SMILES string of the molecule is CCn1cc(COc2cccc(C)c2)c2cccc(N)c21. The van der Waals surface area contributed by atoms with Crippen LogP contribution in [0.15, 0.2) is 48.7 Å². The summed E-state index contributed by atoms with van der Waals surface area (Å²) in [5.74, 6) is 0.899. The topological polar surface area (TPSA) is 40.2 Å². The van der Waals surface area contributed by atoms with Gasteiger partial charge in [-0.1, -0.05) is 24.3 Å². The molecule has 0 aliphatic heterocycles. The van der Waals surface area contributed by atoms with Crippen LogP contribution in [0.3, 0.4) is 0 Å². The molecule has 3 nitrogen and oxygen atoms in total. The first kappa shape index (κ1) is 13.6. The lowest BCUT2D eigenvalue weighted by atomic mass is 10.1. The molecule has 2 N–H and O–H groups in total. The third-order valence-electron chi connectivity index (χ3n) is 3.74. The van der Waals surface area contributed by atoms with Crippen molar-refractivity contribution in [2.75, 3.05) is 5.73 Å². The molecule has 0 unspecified atom stereocenters. The molecule has 1 heterocycles. The van der Waals surface area contributed by atoms with Gasteiger partial charge >= 0.3 is 0 Å². The van der Waals surface area contributed by atoms with Crippen molar-refractivity contribution in [1.82, 2.24) is 4.57 Å². The average molecular weight is 280 g/mol. The normalized spacial score (nSPS) is 11.0. The number of nitrogens with zero attached hydrogens (tertiary/aromatic N) is 1. The van der Waals surface area contributed by atoms with Gasteiger partial charge in [0.2, 0.25) is 0 Å². The Labute approximate surface area is 125 Å². The highest BCUT2D eigenvalue weighted by atomic mass is 16.5. The predicted molar refractivity (Wildman–Crippen MR) is 87.5 cm³/mol. The van der Waals surface area contributed by atoms with Crippen LogP contribution in [-0.4, -0.2) is 4.57 Å². The third-order valence-corrected chi connectivity index (χ3v) is 3.74. The summed E-state index contributed by atoms with van der Waals surface area (Å²) >= 11 is 0. The van der Waals surface area contributed by atoms with Gasteiger partial charge < -0.3 is 15.0 Å². The number of ether oxygens (including phenoxy) is 1. The first-order valence-electron chi connectivity index (χ1n) is 7.24. The van der Waals surface area contributed by atoms with Crippen molar-refractivity contribution in [2.45, 2.75) is 27.0 Å². The number of hydrogen-bond donors (Lipinski definition) is 1. The van der Waals surface area contributed by atoms with Crippen LogP contribution in [0.25, 0.3) is 10.9 Å². The lowest BCUT2D eigenvalue weighted by molar-refractivity contribution is 0.307. The smallest absolute Gasteiger partial charge is 0.120 e. The first-order valence-corrected chi connectivity index (χ1v) is 7.24. The van der Waals surface area contributed by atoms with Gasteiger partial charge in [-0.3, -0.25) is 0 Å². The minimum Gasteiger partial charge on any atom is -0.489 e. The van der Waals surface area contributed by atoms with Crippen LogP contribution < -0.4 is 10.5 Å². The Morgan fingerprint density at radius 2 is 1.95 bits per heavy atom. The molecule has 0 fully saturated rings. The third kappa shape index (κ3) is 2.59. The van der Waals surface area contributed by atoms with E-state index in [0.717, 1.165) is 23.5 Å². The Morgan fingerprint density at radius 1 is 1.14 bits per heavy atom. The Bertz CT molecular complexity index is 774. The fourth-order valence-corrected chi connectivity index (χ4v) is 2.69. The number of fused-ring (bicyclic) bond motifs is 1. The molecule has 3 rings (SSSR count). The van der Waals surface area contributed by atoms with Gasteiger partial charge in [0.1, 0.15) is 12.4 Å². The number of para-hydroxylation sites is 1. The molecule has 0 aliphatic rings. The van der Waals surface area contributed by atoms with Gasteiger partial charge in [0, 0.05) is 23.7 Å². The zero-order valence-corrected chi connectivity index (χ0v) is 12.5. The standard InChI is InChI=1S/C18H20N2O/c1-3-20-11-14(16-8-5-9-17(19)18(16)20)12-21-15-7-4-6-13(2)10-15/h4-11H,3,12,19H2,1-2H3. The summed E-state index contributed by atoms with van der Waals surface area (Å²) in [5.41, 5.74) is 10.4. The molecule has 0 spiro atoms. The van der Waals surface area contributed by atoms with Crippen LogP contribution in [-0.2, 0) is 13.2 Å². The number of aryl methyl sites for hydroxylation is 2. The van der Waals surface area contributed by atoms with Gasteiger partial charge in [0.25, 0.3) is 0 Å². The number of nitrogen functional groups attached to an aromatic ring is 1. The molecule has 3 aromatic rings. The summed E-state index contributed by atoms with van der Waals surface area (Å²) in [5, 5.41) is 1.17. The minimum absolute atomic E-state index is 0.552. The van der Waals surface area contributed by atoms with Gasteiger partial charge in [0.15, 0.2) is 0 Å². The molecule has 21 heavy (non-hydrogen) atoms. The molecule has 0 aliphatic carbocycles. The van der Waals surface area contributed by atoms with Crippen molar-refractivity contribution in [2.24, 2.45) is 0 Å². The number of nitrogens with two attached hydrogens (primary N) is 1. The van der Waals surface area contributed by atoms with E-state index < -0.39 is 0 Å². The quantitative estimate of drug-likeness (QED) is 0.730. The highest BCUT2D eigenvalue weighted by molar-refractivity contribution is 5.93. The second kappa shape index (κ2) is 5.52. The molecule has 0 saturated heterocycles. The molecule has 0 atom stereocenters. The molecule has 3 heteroatoms. The maximum atomic E-state index is 6.11. The summed E-state index contributed by atoms with van der Waals surface area (Å²) in [4.78, 5) is 0. The molecule has 0 radical (unpaired) electrons. The number of aromatic nitrogens is 1. The maximum absolute atomic E-state index is 6.11. The molecular weight excluding hydrogens is 260 g/mol. The van der Waals surface area contributed by atoms with Crippen molar-refractivity contribution in [3.05, 3.63) is 59.8 Å². The van der Waals surface area contributed by atoms with E-state index in [4.69, 9.17) is 10.5 Å². The lowest BCUT2D eigenvalue weighted by Crippen LogP contribution is -1.95. The zero-order valence-electron chi connectivity index (χ0n) is 12.5. The van der Waals surface area contributed by atoms with E-state index in [1.165, 1.54) is 16.5 Å². The van der Waals surface area contributed by atoms with E-state index in [-0.39, 0.29) is 0 Å². The second-order valence-corrected chi connectivity index (χ2v) is 5.29. The molecule has 1 aromatic heterocycles. The van der Waals surface area contributed by atoms with E-state index in [2.05, 4.69) is 36.7 Å². The second-order valence-electron chi connectivity index (χ2n) is 5.29. The summed E-state index contributed by atoms with van der Waals surface area (Å²) < 4.78 is 8.10. The van der Waals surface area contributed by atoms with E-state index in [1.54, 1.807) is 0 Å². The highest BCUT2D eigenvalue weighted by Crippen LogP contribution is 2.27. The fourth-order valence-electron chi connectivity index (χ4n) is 2.69. The van der Waals surface area contributed by atoms with Crippen molar-refractivity contribution in [1.29, 1.82) is 0 Å². The van der Waals surface area contributed by atoms with Crippen LogP contribution in [0.4, 0.5) is 5.69 Å². The summed E-state index contributed by atoms with van der Waals surface area (Å²) in [6.45, 7) is 5.64. The molecular formula is C18H20N2O. The van der Waals surface area contributed by atoms with Crippen molar-refractivity contribution < 1.29 is 4.74 Å². The molecule has 108 valence electrons. The van der Waals surface area contributed by atoms with Crippen LogP contribution >= 0.6 is 0 Å². The summed E-state index contributed by atoms with van der Waals surface area (Å²) in [7, 11) is 0. The number of rotatable bonds is 4. The van der Waals surface area contributed by atoms with Crippen LogP contribution in [0.1, 0.15) is 18.1 Å². The van der Waals surface area contributed by atoms with E-state index >= 15 is 0 Å². The molecule has 0 saturated carbocycles. The zero-order chi connectivity index (χ0) is 14.8. The Hall–Kier alpha value is -2.42. The van der Waals surface area contributed by atoms with Gasteiger partial charge in [-0.15, -0.1) is 0 Å². The Morgan fingerprint density at radius 3 is 2.71 bits per heavy atom. The van der Waals surface area contributed by atoms with Gasteiger partial charge in [-0.25, -0.2) is 0 Å². The Balaban J connectivity index is 1.92. The number of anilines is 1. The minimum atomic E-state index is 0.552. The van der Waals surface area contributed by atoms with E-state index in [0.29, 0.717) is 6.61 Å². The van der Waals surface area contributed by atoms with Gasteiger partial charge in [-0.2, -0.15) is 0 Å². The predicted octanol–water partition coefficient (Wildman–Crippen LogP) is 4.13. The van der Waals surface area contributed by atoms with E-state index in [1.807, 2.05) is 30.3 Å². The maximum Gasteiger partial charge on any atom is 0.120 e. The van der Waals surface area contributed by atoms with Crippen LogP contribution in [0, 0.1) is 6.92 Å². The van der Waals surface area contributed by atoms with Crippen molar-refractivity contribution in [3.63, 3.8) is 0 Å². The van der Waals surface area contributed by atoms with Gasteiger partial charge in [0.05, 0.1) is 11.2 Å². The molecule has 0 bridgehead atoms. The molecule has 0 amide bonds. The van der Waals surface area contributed by atoms with E-state index in [9.17, 15) is 0 Å². The number of benzene rings is 2. The summed E-state index contributed by atoms with van der Waals surface area (Å²) in [6, 6.07) is 14.2. The molecule has 2 aromatic carbocycles. The average Bonchev–Trinajstić information content (AvgIpc) is 2.85. The monoisotopic (exact) mass is 280 g/mol. The van der Waals surface area contributed by atoms with Gasteiger partial charge in [-0.05, 0) is 37.6 Å². The first-order chi connectivity index (χ1) is 10.2. The van der Waals surface area contributed by atoms with Crippen molar-refractivity contribution >= 4 is 16.6 Å². The highest BCUT2D eigenvalue weighted by Gasteiger charge is 2.10. The largest absolute Gasteiger partial charge is 0.489 e. The van der Waals surface area contributed by atoms with Crippen LogP contribution in [0.2, 0.25) is 0 Å². The number of hydrogen-bond acceptors (Lipinski definition) is 2. The van der Waals surface area contributed by atoms with Crippen molar-refractivity contribution in [3.8, 4) is 5.75 Å². The Kier molecular flexibility index (Phi) is 3.57. The lowest BCUT2D eigenvalue weighted by Gasteiger charge is -2.06. The fraction of sp³-hybridized carbons (Fsp3) is 0.222. The van der Waals surface area contributed by atoms with Crippen LogP contribution in [0.5, 0.6) is 5.75 Å².